The zero-order valence-corrected chi connectivity index (χ0v) is 16.2. The van der Waals surface area contributed by atoms with Crippen molar-refractivity contribution in [2.75, 3.05) is 17.9 Å². The van der Waals surface area contributed by atoms with Crippen molar-refractivity contribution in [1.82, 2.24) is 5.32 Å². The second-order valence-electron chi connectivity index (χ2n) is 6.28. The standard InChI is InChI=1S/C19H21ClN2O4S/c20-14-7-9-16(10-8-14)27(24,25)22-18-6-2-1-5-17(18)19(23)21-12-11-15-4-3-13-26-15/h1-2,5-10,15,22H,3-4,11-13H2,(H,21,23). The van der Waals surface area contributed by atoms with Gasteiger partial charge in [-0.15, -0.1) is 0 Å². The molecule has 0 spiro atoms. The number of carbonyl (C=O) groups excluding carboxylic acids is 1. The van der Waals surface area contributed by atoms with Crippen molar-refractivity contribution in [3.8, 4) is 0 Å². The van der Waals surface area contributed by atoms with Gasteiger partial charge in [0.15, 0.2) is 0 Å². The van der Waals surface area contributed by atoms with Crippen LogP contribution in [0.5, 0.6) is 0 Å². The first-order chi connectivity index (χ1) is 13.0. The molecule has 1 atom stereocenters. The Kier molecular flexibility index (Phi) is 6.36. The zero-order chi connectivity index (χ0) is 19.3. The Bertz CT molecular complexity index is 894. The number of rotatable bonds is 7. The Morgan fingerprint density at radius 3 is 2.59 bits per heavy atom. The van der Waals surface area contributed by atoms with Crippen LogP contribution in [0.1, 0.15) is 29.6 Å². The van der Waals surface area contributed by atoms with Crippen LogP contribution in [0, 0.1) is 0 Å². The van der Waals surface area contributed by atoms with Gasteiger partial charge in [-0.05, 0) is 55.7 Å². The monoisotopic (exact) mass is 408 g/mol. The van der Waals surface area contributed by atoms with Crippen molar-refractivity contribution in [2.45, 2.75) is 30.3 Å². The second-order valence-corrected chi connectivity index (χ2v) is 8.40. The molecule has 1 aliphatic rings. The average molecular weight is 409 g/mol. The predicted octanol–water partition coefficient (Wildman–Crippen LogP) is 3.44. The molecule has 6 nitrogen and oxygen atoms in total. The summed E-state index contributed by atoms with van der Waals surface area (Å²) in [6.07, 6.45) is 2.98. The lowest BCUT2D eigenvalue weighted by molar-refractivity contribution is 0.0908. The van der Waals surface area contributed by atoms with E-state index >= 15 is 0 Å². The maximum atomic E-state index is 12.6. The first-order valence-corrected chi connectivity index (χ1v) is 10.6. The van der Waals surface area contributed by atoms with E-state index in [1.165, 1.54) is 24.3 Å². The lowest BCUT2D eigenvalue weighted by Gasteiger charge is -2.14. The Labute approximate surface area is 163 Å². The number of ether oxygens (including phenoxy) is 1. The van der Waals surface area contributed by atoms with Gasteiger partial charge < -0.3 is 10.1 Å². The fourth-order valence-corrected chi connectivity index (χ4v) is 4.11. The topological polar surface area (TPSA) is 84.5 Å². The third kappa shape index (κ3) is 5.22. The molecule has 144 valence electrons. The number of nitrogens with one attached hydrogen (secondary N) is 2. The van der Waals surface area contributed by atoms with E-state index in [0.29, 0.717) is 11.6 Å². The third-order valence-electron chi connectivity index (χ3n) is 4.32. The van der Waals surface area contributed by atoms with Gasteiger partial charge in [0.05, 0.1) is 22.3 Å². The van der Waals surface area contributed by atoms with E-state index in [1.807, 2.05) is 0 Å². The molecule has 1 saturated heterocycles. The third-order valence-corrected chi connectivity index (χ3v) is 5.95. The summed E-state index contributed by atoms with van der Waals surface area (Å²) in [5.41, 5.74) is 0.490. The molecule has 8 heteroatoms. The molecule has 1 aliphatic heterocycles. The van der Waals surface area contributed by atoms with E-state index in [-0.39, 0.29) is 28.2 Å². The van der Waals surface area contributed by atoms with Crippen molar-refractivity contribution in [1.29, 1.82) is 0 Å². The second kappa shape index (κ2) is 8.73. The van der Waals surface area contributed by atoms with E-state index in [1.54, 1.807) is 24.3 Å². The number of halogens is 1. The molecule has 1 amide bonds. The van der Waals surface area contributed by atoms with Crippen molar-refractivity contribution >= 4 is 33.2 Å². The maximum Gasteiger partial charge on any atom is 0.261 e. The van der Waals surface area contributed by atoms with E-state index in [2.05, 4.69) is 10.0 Å². The minimum Gasteiger partial charge on any atom is -0.378 e. The van der Waals surface area contributed by atoms with Gasteiger partial charge in [-0.1, -0.05) is 23.7 Å². The number of amides is 1. The summed E-state index contributed by atoms with van der Waals surface area (Å²) in [4.78, 5) is 12.6. The summed E-state index contributed by atoms with van der Waals surface area (Å²) in [7, 11) is -3.83. The van der Waals surface area contributed by atoms with Gasteiger partial charge in [0.2, 0.25) is 0 Å². The van der Waals surface area contributed by atoms with E-state index in [9.17, 15) is 13.2 Å². The van der Waals surface area contributed by atoms with Crippen LogP contribution in [0.3, 0.4) is 0 Å². The Morgan fingerprint density at radius 2 is 1.89 bits per heavy atom. The summed E-state index contributed by atoms with van der Waals surface area (Å²) in [6, 6.07) is 12.3. The van der Waals surface area contributed by atoms with Crippen LogP contribution in [0.4, 0.5) is 5.69 Å². The summed E-state index contributed by atoms with van der Waals surface area (Å²) in [6.45, 7) is 1.25. The Morgan fingerprint density at radius 1 is 1.15 bits per heavy atom. The molecule has 0 saturated carbocycles. The highest BCUT2D eigenvalue weighted by molar-refractivity contribution is 7.92. The smallest absolute Gasteiger partial charge is 0.261 e. The van der Waals surface area contributed by atoms with Gasteiger partial charge in [0, 0.05) is 18.2 Å². The van der Waals surface area contributed by atoms with Crippen LogP contribution in [0.2, 0.25) is 5.02 Å². The fourth-order valence-electron chi connectivity index (χ4n) is 2.90. The lowest BCUT2D eigenvalue weighted by atomic mass is 10.1. The maximum absolute atomic E-state index is 12.6. The summed E-state index contributed by atoms with van der Waals surface area (Å²) in [5.74, 6) is -0.331. The van der Waals surface area contributed by atoms with E-state index < -0.39 is 10.0 Å². The van der Waals surface area contributed by atoms with Gasteiger partial charge in [-0.2, -0.15) is 0 Å². The first kappa shape index (κ1) is 19.7. The van der Waals surface area contributed by atoms with Gasteiger partial charge in [0.1, 0.15) is 0 Å². The number of anilines is 1. The number of sulfonamides is 1. The average Bonchev–Trinajstić information content (AvgIpc) is 3.15. The highest BCUT2D eigenvalue weighted by Gasteiger charge is 2.19. The molecule has 27 heavy (non-hydrogen) atoms. The molecule has 1 heterocycles. The van der Waals surface area contributed by atoms with E-state index in [0.717, 1.165) is 25.9 Å². The van der Waals surface area contributed by atoms with E-state index in [4.69, 9.17) is 16.3 Å². The summed E-state index contributed by atoms with van der Waals surface area (Å²) in [5, 5.41) is 3.27. The molecule has 0 bridgehead atoms. The quantitative estimate of drug-likeness (QED) is 0.734. The number of hydrogen-bond acceptors (Lipinski definition) is 4. The number of hydrogen-bond donors (Lipinski definition) is 2. The molecule has 1 fully saturated rings. The molecule has 0 aromatic heterocycles. The van der Waals surface area contributed by atoms with Crippen LogP contribution in [-0.2, 0) is 14.8 Å². The normalized spacial score (nSPS) is 16.9. The SMILES string of the molecule is O=C(NCCC1CCCO1)c1ccccc1NS(=O)(=O)c1ccc(Cl)cc1. The van der Waals surface area contributed by atoms with Crippen LogP contribution >= 0.6 is 11.6 Å². The zero-order valence-electron chi connectivity index (χ0n) is 14.7. The molecule has 2 aromatic rings. The van der Waals surface area contributed by atoms with Gasteiger partial charge in [-0.3, -0.25) is 9.52 Å². The van der Waals surface area contributed by atoms with Crippen LogP contribution in [-0.4, -0.2) is 33.6 Å². The van der Waals surface area contributed by atoms with Gasteiger partial charge >= 0.3 is 0 Å². The van der Waals surface area contributed by atoms with Crippen molar-refractivity contribution in [3.63, 3.8) is 0 Å². The van der Waals surface area contributed by atoms with Crippen molar-refractivity contribution in [2.24, 2.45) is 0 Å². The summed E-state index contributed by atoms with van der Waals surface area (Å²) >= 11 is 5.81. The number of para-hydroxylation sites is 1. The fraction of sp³-hybridized carbons (Fsp3) is 0.316. The Balaban J connectivity index is 1.69. The van der Waals surface area contributed by atoms with Gasteiger partial charge in [0.25, 0.3) is 15.9 Å². The van der Waals surface area contributed by atoms with Crippen molar-refractivity contribution < 1.29 is 17.9 Å². The number of carbonyl (C=O) groups is 1. The van der Waals surface area contributed by atoms with Gasteiger partial charge in [-0.25, -0.2) is 8.42 Å². The molecule has 0 radical (unpaired) electrons. The van der Waals surface area contributed by atoms with Crippen LogP contribution in [0.25, 0.3) is 0 Å². The minimum absolute atomic E-state index is 0.0699. The highest BCUT2D eigenvalue weighted by atomic mass is 35.5. The molecule has 3 rings (SSSR count). The molecular weight excluding hydrogens is 388 g/mol. The van der Waals surface area contributed by atoms with Crippen LogP contribution < -0.4 is 10.0 Å². The molecular formula is C19H21ClN2O4S. The first-order valence-electron chi connectivity index (χ1n) is 8.73. The van der Waals surface area contributed by atoms with Crippen molar-refractivity contribution in [3.05, 3.63) is 59.1 Å². The minimum atomic E-state index is -3.83. The molecule has 2 N–H and O–H groups in total. The summed E-state index contributed by atoms with van der Waals surface area (Å²) < 4.78 is 33.2. The van der Waals surface area contributed by atoms with Crippen LogP contribution in [0.15, 0.2) is 53.4 Å². The number of benzene rings is 2. The molecule has 0 aliphatic carbocycles. The lowest BCUT2D eigenvalue weighted by Crippen LogP contribution is -2.28. The largest absolute Gasteiger partial charge is 0.378 e. The molecule has 2 aromatic carbocycles. The highest BCUT2D eigenvalue weighted by Crippen LogP contribution is 2.21. The predicted molar refractivity (Wildman–Crippen MR) is 105 cm³/mol. The Hall–Kier alpha value is -2.09. The molecule has 1 unspecified atom stereocenters.